The minimum atomic E-state index is -1.65. The van der Waals surface area contributed by atoms with Crippen LogP contribution in [0, 0.1) is 5.92 Å². The quantitative estimate of drug-likeness (QED) is 0.328. The van der Waals surface area contributed by atoms with Crippen LogP contribution >= 0.6 is 15.9 Å². The standard InChI is InChI=1S/C23H23BrN6O3/c24-16-9-13-2-1-12(8-17(13)29-20(16)26)7-14-3-5-22(31)18(14)33-10-23(22,32)30-6-4-15-19(25)27-11-28-21(15)30/h1-2,4,6,8-9,11,14,18,31-32H,3,5,7,10H2,(H2,26,29)(H2,25,27,28)/t14-,18+,22+,23+/m0/s1. The van der Waals surface area contributed by atoms with Gasteiger partial charge in [-0.2, -0.15) is 0 Å². The van der Waals surface area contributed by atoms with Crippen LogP contribution in [0.2, 0.25) is 0 Å². The molecule has 4 aromatic rings. The summed E-state index contributed by atoms with van der Waals surface area (Å²) in [6.07, 6.45) is 4.34. The van der Waals surface area contributed by atoms with E-state index >= 15 is 0 Å². The minimum absolute atomic E-state index is 0.0378. The van der Waals surface area contributed by atoms with E-state index in [1.54, 1.807) is 16.8 Å². The molecule has 1 aliphatic heterocycles. The number of hydrogen-bond donors (Lipinski definition) is 4. The summed E-state index contributed by atoms with van der Waals surface area (Å²) >= 11 is 3.42. The molecule has 6 rings (SSSR count). The van der Waals surface area contributed by atoms with E-state index in [1.807, 2.05) is 18.2 Å². The monoisotopic (exact) mass is 510 g/mol. The zero-order chi connectivity index (χ0) is 23.0. The largest absolute Gasteiger partial charge is 0.383 e. The summed E-state index contributed by atoms with van der Waals surface area (Å²) in [6.45, 7) is -0.0395. The van der Waals surface area contributed by atoms with E-state index < -0.39 is 17.4 Å². The van der Waals surface area contributed by atoms with E-state index in [2.05, 4.69) is 36.9 Å². The second-order valence-corrected chi connectivity index (χ2v) is 9.89. The van der Waals surface area contributed by atoms with Crippen molar-refractivity contribution in [3.63, 3.8) is 0 Å². The molecular formula is C23H23BrN6O3. The number of nitrogens with two attached hydrogens (primary N) is 2. The summed E-state index contributed by atoms with van der Waals surface area (Å²) in [5.74, 6) is 0.810. The zero-order valence-electron chi connectivity index (χ0n) is 17.6. The van der Waals surface area contributed by atoms with Gasteiger partial charge in [-0.1, -0.05) is 12.1 Å². The van der Waals surface area contributed by atoms with E-state index in [-0.39, 0.29) is 12.5 Å². The van der Waals surface area contributed by atoms with Gasteiger partial charge in [0.15, 0.2) is 5.72 Å². The molecular weight excluding hydrogens is 488 g/mol. The molecule has 1 saturated heterocycles. The number of nitrogen functional groups attached to an aromatic ring is 2. The second kappa shape index (κ2) is 7.10. The first-order valence-electron chi connectivity index (χ1n) is 10.8. The van der Waals surface area contributed by atoms with Crippen LogP contribution in [-0.4, -0.2) is 48.0 Å². The van der Waals surface area contributed by atoms with Crippen LogP contribution in [0.3, 0.4) is 0 Å². The van der Waals surface area contributed by atoms with Gasteiger partial charge in [-0.25, -0.2) is 15.0 Å². The Morgan fingerprint density at radius 2 is 2.00 bits per heavy atom. The van der Waals surface area contributed by atoms with E-state index in [0.717, 1.165) is 20.9 Å². The van der Waals surface area contributed by atoms with Gasteiger partial charge in [-0.05, 0) is 64.9 Å². The maximum absolute atomic E-state index is 11.7. The molecule has 9 nitrogen and oxygen atoms in total. The molecule has 170 valence electrons. The third-order valence-electron chi connectivity index (χ3n) is 7.22. The van der Waals surface area contributed by atoms with Crippen molar-refractivity contribution in [2.45, 2.75) is 36.7 Å². The summed E-state index contributed by atoms with van der Waals surface area (Å²) < 4.78 is 8.41. The first-order valence-corrected chi connectivity index (χ1v) is 11.6. The highest BCUT2D eigenvalue weighted by atomic mass is 79.9. The van der Waals surface area contributed by atoms with Gasteiger partial charge in [0.05, 0.1) is 28.1 Å². The van der Waals surface area contributed by atoms with Gasteiger partial charge in [0.2, 0.25) is 0 Å². The average Bonchev–Trinajstić information content (AvgIpc) is 3.43. The summed E-state index contributed by atoms with van der Waals surface area (Å²) in [5.41, 5.74) is 11.2. The molecule has 2 aliphatic rings. The topological polar surface area (TPSA) is 145 Å². The summed E-state index contributed by atoms with van der Waals surface area (Å²) in [7, 11) is 0. The molecule has 4 atom stereocenters. The van der Waals surface area contributed by atoms with Crippen LogP contribution in [0.5, 0.6) is 0 Å². The Balaban J connectivity index is 1.31. The lowest BCUT2D eigenvalue weighted by Crippen LogP contribution is -2.56. The van der Waals surface area contributed by atoms with Gasteiger partial charge in [0.25, 0.3) is 0 Å². The van der Waals surface area contributed by atoms with Crippen LogP contribution in [0.4, 0.5) is 11.6 Å². The molecule has 3 aromatic heterocycles. The molecule has 2 fully saturated rings. The Morgan fingerprint density at radius 3 is 2.85 bits per heavy atom. The Morgan fingerprint density at radius 1 is 1.15 bits per heavy atom. The highest BCUT2D eigenvalue weighted by molar-refractivity contribution is 9.10. The third kappa shape index (κ3) is 2.91. The SMILES string of the molecule is Nc1nc2cc(C[C@@H]3CC[C@@]4(O)[C@@H]3OC[C@]4(O)n3ccc4c(N)ncnc43)ccc2cc1Br. The number of aromatic nitrogens is 4. The zero-order valence-corrected chi connectivity index (χ0v) is 19.2. The maximum Gasteiger partial charge on any atom is 0.198 e. The number of hydrogen-bond acceptors (Lipinski definition) is 8. The molecule has 0 amide bonds. The van der Waals surface area contributed by atoms with Gasteiger partial charge in [-0.15, -0.1) is 0 Å². The van der Waals surface area contributed by atoms with Gasteiger partial charge in [-0.3, -0.25) is 4.57 Å². The molecule has 0 unspecified atom stereocenters. The van der Waals surface area contributed by atoms with Crippen molar-refractivity contribution in [1.29, 1.82) is 0 Å². The van der Waals surface area contributed by atoms with E-state index in [9.17, 15) is 10.2 Å². The first kappa shape index (κ1) is 20.8. The van der Waals surface area contributed by atoms with Crippen LogP contribution < -0.4 is 11.5 Å². The van der Waals surface area contributed by atoms with Crippen molar-refractivity contribution in [3.8, 4) is 0 Å². The number of rotatable bonds is 3. The highest BCUT2D eigenvalue weighted by Crippen LogP contribution is 2.52. The molecule has 0 spiro atoms. The Kier molecular flexibility index (Phi) is 4.47. The van der Waals surface area contributed by atoms with Crippen molar-refractivity contribution in [1.82, 2.24) is 19.5 Å². The number of nitrogens with zero attached hydrogens (tertiary/aromatic N) is 4. The van der Waals surface area contributed by atoms with Gasteiger partial charge in [0, 0.05) is 11.6 Å². The molecule has 1 aromatic carbocycles. The number of pyridine rings is 1. The fourth-order valence-corrected chi connectivity index (χ4v) is 5.85. The van der Waals surface area contributed by atoms with Crippen molar-refractivity contribution >= 4 is 49.5 Å². The number of anilines is 2. The number of benzene rings is 1. The van der Waals surface area contributed by atoms with Crippen molar-refractivity contribution in [2.75, 3.05) is 18.1 Å². The van der Waals surface area contributed by atoms with E-state index in [0.29, 0.717) is 41.9 Å². The summed E-state index contributed by atoms with van der Waals surface area (Å²) in [6, 6.07) is 9.80. The summed E-state index contributed by atoms with van der Waals surface area (Å²) in [5, 5.41) is 25.1. The lowest BCUT2D eigenvalue weighted by Gasteiger charge is -2.37. The second-order valence-electron chi connectivity index (χ2n) is 9.04. The third-order valence-corrected chi connectivity index (χ3v) is 7.86. The Hall–Kier alpha value is -2.79. The van der Waals surface area contributed by atoms with E-state index in [1.165, 1.54) is 6.33 Å². The molecule has 10 heteroatoms. The molecule has 6 N–H and O–H groups in total. The molecule has 1 saturated carbocycles. The normalized spacial score (nSPS) is 29.2. The van der Waals surface area contributed by atoms with Gasteiger partial charge < -0.3 is 26.4 Å². The molecule has 4 heterocycles. The van der Waals surface area contributed by atoms with E-state index in [4.69, 9.17) is 16.2 Å². The number of aliphatic hydroxyl groups is 2. The van der Waals surface area contributed by atoms with Crippen molar-refractivity contribution < 1.29 is 14.9 Å². The lowest BCUT2D eigenvalue weighted by atomic mass is 9.86. The summed E-state index contributed by atoms with van der Waals surface area (Å²) in [4.78, 5) is 12.8. The average molecular weight is 511 g/mol. The lowest BCUT2D eigenvalue weighted by molar-refractivity contribution is -0.173. The van der Waals surface area contributed by atoms with Crippen LogP contribution in [0.1, 0.15) is 18.4 Å². The maximum atomic E-state index is 11.7. The number of ether oxygens (including phenoxy) is 1. The minimum Gasteiger partial charge on any atom is -0.383 e. The van der Waals surface area contributed by atoms with Crippen LogP contribution in [0.15, 0.2) is 47.3 Å². The first-order chi connectivity index (χ1) is 15.8. The van der Waals surface area contributed by atoms with Crippen molar-refractivity contribution in [2.24, 2.45) is 5.92 Å². The predicted octanol–water partition coefficient (Wildman–Crippen LogP) is 2.33. The molecule has 0 bridgehead atoms. The van der Waals surface area contributed by atoms with Crippen molar-refractivity contribution in [3.05, 3.63) is 52.9 Å². The fourth-order valence-electron chi connectivity index (χ4n) is 5.51. The van der Waals surface area contributed by atoms with Crippen LogP contribution in [0.25, 0.3) is 21.9 Å². The number of fused-ring (bicyclic) bond motifs is 3. The Labute approximate surface area is 197 Å². The molecule has 0 radical (unpaired) electrons. The fraction of sp³-hybridized carbons (Fsp3) is 0.348. The molecule has 1 aliphatic carbocycles. The van der Waals surface area contributed by atoms with Gasteiger partial charge in [0.1, 0.15) is 29.2 Å². The smallest absolute Gasteiger partial charge is 0.198 e. The molecule has 33 heavy (non-hydrogen) atoms. The highest BCUT2D eigenvalue weighted by Gasteiger charge is 2.66. The van der Waals surface area contributed by atoms with Crippen LogP contribution in [-0.2, 0) is 16.9 Å². The van der Waals surface area contributed by atoms with Gasteiger partial charge >= 0.3 is 0 Å². The number of halogens is 1. The Bertz CT molecular complexity index is 1410. The predicted molar refractivity (Wildman–Crippen MR) is 127 cm³/mol.